The lowest BCUT2D eigenvalue weighted by Gasteiger charge is -2.34. The average Bonchev–Trinajstić information content (AvgIpc) is 2.56. The van der Waals surface area contributed by atoms with Crippen LogP contribution in [0, 0.1) is 0 Å². The van der Waals surface area contributed by atoms with Crippen LogP contribution in [0.1, 0.15) is 19.4 Å². The zero-order valence-electron chi connectivity index (χ0n) is 14.5. The van der Waals surface area contributed by atoms with Gasteiger partial charge in [0.2, 0.25) is 0 Å². The van der Waals surface area contributed by atoms with E-state index in [-0.39, 0.29) is 11.3 Å². The monoisotopic (exact) mass is 371 g/mol. The van der Waals surface area contributed by atoms with Crippen molar-refractivity contribution in [2.24, 2.45) is 0 Å². The number of phenols is 1. The molecule has 0 saturated carbocycles. The summed E-state index contributed by atoms with van der Waals surface area (Å²) in [5, 5.41) is 14.0. The Morgan fingerprint density at radius 3 is 2.60 bits per heavy atom. The highest BCUT2D eigenvalue weighted by Crippen LogP contribution is 2.44. The fraction of sp³-hybridized carbons (Fsp3) is 0.238. The second-order valence-electron chi connectivity index (χ2n) is 6.69. The zero-order valence-corrected chi connectivity index (χ0v) is 16.0. The number of nitrogens with one attached hydrogen (secondary N) is 1. The van der Waals surface area contributed by atoms with Gasteiger partial charge in [-0.15, -0.1) is 6.58 Å². The van der Waals surface area contributed by atoms with Crippen molar-refractivity contribution >= 4 is 34.6 Å². The maximum atomic E-state index is 9.99. The highest BCUT2D eigenvalue weighted by atomic mass is 35.5. The van der Waals surface area contributed by atoms with Crippen LogP contribution in [0.15, 0.2) is 55.1 Å². The molecule has 4 heteroatoms. The van der Waals surface area contributed by atoms with E-state index in [0.717, 1.165) is 28.3 Å². The van der Waals surface area contributed by atoms with Crippen LogP contribution in [0.3, 0.4) is 0 Å². The van der Waals surface area contributed by atoms with Gasteiger partial charge in [-0.05, 0) is 25.5 Å². The Kier molecular flexibility index (Phi) is 5.16. The molecule has 0 saturated heterocycles. The van der Waals surface area contributed by atoms with Crippen LogP contribution in [0.4, 0.5) is 5.69 Å². The molecule has 0 atom stereocenters. The number of aromatic hydroxyl groups is 1. The van der Waals surface area contributed by atoms with E-state index >= 15 is 0 Å². The van der Waals surface area contributed by atoms with Crippen molar-refractivity contribution in [2.75, 3.05) is 16.8 Å². The summed E-state index contributed by atoms with van der Waals surface area (Å²) in [4.78, 5) is 0. The molecule has 1 aliphatic heterocycles. The van der Waals surface area contributed by atoms with E-state index in [4.69, 9.17) is 11.6 Å². The molecule has 130 valence electrons. The van der Waals surface area contributed by atoms with E-state index in [9.17, 15) is 5.11 Å². The van der Waals surface area contributed by atoms with Crippen molar-refractivity contribution in [2.45, 2.75) is 19.4 Å². The van der Waals surface area contributed by atoms with Gasteiger partial charge >= 0.3 is 0 Å². The molecule has 0 spiro atoms. The maximum absolute atomic E-state index is 9.99. The molecular weight excluding hydrogens is 350 g/mol. The van der Waals surface area contributed by atoms with Gasteiger partial charge in [-0.25, -0.2) is 0 Å². The highest BCUT2D eigenvalue weighted by molar-refractivity contribution is 7.99. The van der Waals surface area contributed by atoms with Gasteiger partial charge in [0.1, 0.15) is 5.75 Å². The van der Waals surface area contributed by atoms with E-state index in [2.05, 4.69) is 37.9 Å². The summed E-state index contributed by atoms with van der Waals surface area (Å²) >= 11 is 8.22. The van der Waals surface area contributed by atoms with Gasteiger partial charge in [-0.1, -0.05) is 54.1 Å². The van der Waals surface area contributed by atoms with Crippen LogP contribution in [-0.2, 0) is 0 Å². The summed E-state index contributed by atoms with van der Waals surface area (Å²) in [6.45, 7) is 8.12. The first-order chi connectivity index (χ1) is 11.9. The van der Waals surface area contributed by atoms with E-state index in [1.54, 1.807) is 6.07 Å². The van der Waals surface area contributed by atoms with Gasteiger partial charge in [-0.3, -0.25) is 0 Å². The minimum absolute atomic E-state index is 0.101. The van der Waals surface area contributed by atoms with Gasteiger partial charge in [-0.2, -0.15) is 11.8 Å². The molecule has 3 rings (SSSR count). The fourth-order valence-electron chi connectivity index (χ4n) is 3.15. The first-order valence-corrected chi connectivity index (χ1v) is 9.76. The first-order valence-electron chi connectivity index (χ1n) is 8.23. The summed E-state index contributed by atoms with van der Waals surface area (Å²) in [7, 11) is 0. The van der Waals surface area contributed by atoms with Crippen molar-refractivity contribution in [3.63, 3.8) is 0 Å². The summed E-state index contributed by atoms with van der Waals surface area (Å²) in [5.74, 6) is 1.96. The molecule has 0 amide bonds. The third-order valence-corrected chi connectivity index (χ3v) is 5.54. The van der Waals surface area contributed by atoms with Crippen LogP contribution in [0.2, 0.25) is 5.02 Å². The molecular formula is C21H22ClNOS. The Morgan fingerprint density at radius 2 is 1.84 bits per heavy atom. The Bertz CT molecular complexity index is 842. The Labute approximate surface area is 158 Å². The number of para-hydroxylation sites is 1. The normalized spacial score (nSPS) is 15.1. The van der Waals surface area contributed by atoms with Gasteiger partial charge < -0.3 is 10.4 Å². The minimum Gasteiger partial charge on any atom is -0.506 e. The van der Waals surface area contributed by atoms with Crippen LogP contribution in [0.5, 0.6) is 5.75 Å². The lowest BCUT2D eigenvalue weighted by molar-refractivity contribution is 0.476. The number of benzene rings is 2. The molecule has 2 aromatic carbocycles. The molecule has 2 nitrogen and oxygen atoms in total. The Hall–Kier alpha value is -1.84. The van der Waals surface area contributed by atoms with Crippen LogP contribution in [-0.4, -0.2) is 22.2 Å². The molecule has 0 unspecified atom stereocenters. The number of halogens is 1. The largest absolute Gasteiger partial charge is 0.506 e. The number of rotatable bonds is 5. The number of thioether (sulfide) groups is 1. The number of anilines is 1. The van der Waals surface area contributed by atoms with E-state index in [1.165, 1.54) is 11.1 Å². The molecule has 1 aliphatic rings. The summed E-state index contributed by atoms with van der Waals surface area (Å²) in [6, 6.07) is 11.6. The molecule has 0 bridgehead atoms. The molecule has 0 radical (unpaired) electrons. The Balaban J connectivity index is 2.12. The van der Waals surface area contributed by atoms with Crippen molar-refractivity contribution in [1.82, 2.24) is 0 Å². The first kappa shape index (κ1) is 18.0. The highest BCUT2D eigenvalue weighted by Gasteiger charge is 2.27. The molecule has 2 N–H and O–H groups in total. The molecule has 1 heterocycles. The lowest BCUT2D eigenvalue weighted by atomic mass is 9.88. The topological polar surface area (TPSA) is 32.3 Å². The van der Waals surface area contributed by atoms with E-state index < -0.39 is 0 Å². The van der Waals surface area contributed by atoms with E-state index in [0.29, 0.717) is 5.02 Å². The molecule has 0 fully saturated rings. The van der Waals surface area contributed by atoms with Crippen LogP contribution in [0.25, 0.3) is 16.7 Å². The Morgan fingerprint density at radius 1 is 1.16 bits per heavy atom. The molecule has 0 aromatic heterocycles. The third kappa shape index (κ3) is 3.73. The number of hydrogen-bond acceptors (Lipinski definition) is 3. The van der Waals surface area contributed by atoms with Crippen molar-refractivity contribution in [3.05, 3.63) is 65.7 Å². The maximum Gasteiger partial charge on any atom is 0.134 e. The second-order valence-corrected chi connectivity index (χ2v) is 8.10. The van der Waals surface area contributed by atoms with Crippen molar-refractivity contribution in [3.8, 4) is 16.9 Å². The number of phenolic OH excluding ortho intramolecular Hbond substituents is 1. The van der Waals surface area contributed by atoms with Crippen LogP contribution < -0.4 is 5.32 Å². The van der Waals surface area contributed by atoms with E-state index in [1.807, 2.05) is 42.1 Å². The summed E-state index contributed by atoms with van der Waals surface area (Å²) in [6.07, 6.45) is 4.22. The second kappa shape index (κ2) is 7.19. The van der Waals surface area contributed by atoms with Gasteiger partial charge in [0.15, 0.2) is 0 Å². The lowest BCUT2D eigenvalue weighted by Crippen LogP contribution is -2.32. The summed E-state index contributed by atoms with van der Waals surface area (Å²) in [5.41, 5.74) is 5.25. The third-order valence-electron chi connectivity index (χ3n) is 4.15. The van der Waals surface area contributed by atoms with Gasteiger partial charge in [0.25, 0.3) is 0 Å². The molecule has 25 heavy (non-hydrogen) atoms. The quantitative estimate of drug-likeness (QED) is 0.483. The number of hydrogen-bond donors (Lipinski definition) is 2. The van der Waals surface area contributed by atoms with Crippen molar-refractivity contribution in [1.29, 1.82) is 0 Å². The molecule has 0 aliphatic carbocycles. The predicted octanol–water partition coefficient (Wildman–Crippen LogP) is 6.22. The fourth-order valence-corrected chi connectivity index (χ4v) is 4.12. The zero-order chi connectivity index (χ0) is 18.0. The van der Waals surface area contributed by atoms with Crippen molar-refractivity contribution < 1.29 is 5.11 Å². The SMILES string of the molecule is C=CCSCC1=CC(C)(C)Nc2c1cccc2-c1cccc(O)c1Cl. The standard InChI is InChI=1S/C21H22ClNOS/c1-4-11-25-13-14-12-21(2,3)23-20-15(14)7-5-9-17(20)16-8-6-10-18(24)19(16)22/h4-10,12,23-24H,1,11,13H2,2-3H3. The molecule has 2 aromatic rings. The average molecular weight is 372 g/mol. The predicted molar refractivity (Wildman–Crippen MR) is 112 cm³/mol. The van der Waals surface area contributed by atoms with Crippen LogP contribution >= 0.6 is 23.4 Å². The van der Waals surface area contributed by atoms with Gasteiger partial charge in [0.05, 0.1) is 16.2 Å². The minimum atomic E-state index is -0.156. The smallest absolute Gasteiger partial charge is 0.134 e. The number of fused-ring (bicyclic) bond motifs is 1. The summed E-state index contributed by atoms with van der Waals surface area (Å²) < 4.78 is 0. The van der Waals surface area contributed by atoms with Gasteiger partial charge in [0, 0.05) is 28.2 Å².